The maximum Gasteiger partial charge on any atom is 0.373 e. The van der Waals surface area contributed by atoms with Crippen LogP contribution in [-0.2, 0) is 27.9 Å². The molecule has 5 heteroatoms. The van der Waals surface area contributed by atoms with Gasteiger partial charge in [-0.2, -0.15) is 14.7 Å². The van der Waals surface area contributed by atoms with E-state index in [0.29, 0.717) is 0 Å². The number of rotatable bonds is 3. The van der Waals surface area contributed by atoms with Gasteiger partial charge in [0.25, 0.3) is 0 Å². The highest BCUT2D eigenvalue weighted by atomic mass is 16.2. The van der Waals surface area contributed by atoms with Crippen LogP contribution in [0.3, 0.4) is 0 Å². The van der Waals surface area contributed by atoms with E-state index in [0.717, 1.165) is 18.3 Å². The Morgan fingerprint density at radius 2 is 2.21 bits per heavy atom. The van der Waals surface area contributed by atoms with Gasteiger partial charge in [-0.1, -0.05) is 6.92 Å². The molecule has 1 rings (SSSR count). The van der Waals surface area contributed by atoms with Crippen molar-refractivity contribution in [3.8, 4) is 0 Å². The molecule has 0 aromatic carbocycles. The van der Waals surface area contributed by atoms with Gasteiger partial charge in [0.1, 0.15) is 6.29 Å². The zero-order chi connectivity index (χ0) is 11.0. The number of hydrogen-bond acceptors (Lipinski definition) is 4. The third kappa shape index (κ3) is 5.00. The van der Waals surface area contributed by atoms with Crippen molar-refractivity contribution in [2.45, 2.75) is 13.3 Å². The number of carbonyl (C=O) groups excluding carboxylic acids is 3. The molecule has 0 saturated heterocycles. The van der Waals surface area contributed by atoms with E-state index in [-0.39, 0.29) is 12.1 Å². The SMILES string of the molecule is CC(C=O)Cc1cnn(C)c1.O=C=O. The quantitative estimate of drug-likeness (QED) is 0.648. The normalized spacial score (nSPS) is 10.7. The number of aldehydes is 1. The molecule has 1 unspecified atom stereocenters. The Kier molecular flexibility index (Phi) is 5.90. The summed E-state index contributed by atoms with van der Waals surface area (Å²) in [5.41, 5.74) is 1.12. The van der Waals surface area contributed by atoms with E-state index in [1.807, 2.05) is 20.2 Å². The van der Waals surface area contributed by atoms with E-state index in [4.69, 9.17) is 9.59 Å². The number of nitrogens with zero attached hydrogens (tertiary/aromatic N) is 2. The second kappa shape index (κ2) is 6.74. The molecule has 1 aromatic heterocycles. The van der Waals surface area contributed by atoms with Crippen LogP contribution in [0.25, 0.3) is 0 Å². The molecule has 1 aromatic rings. The molecule has 0 amide bonds. The first-order valence-corrected chi connectivity index (χ1v) is 4.06. The van der Waals surface area contributed by atoms with Crippen molar-refractivity contribution < 1.29 is 14.4 Å². The fourth-order valence-corrected chi connectivity index (χ4v) is 0.997. The smallest absolute Gasteiger partial charge is 0.303 e. The minimum absolute atomic E-state index is 0.0965. The van der Waals surface area contributed by atoms with Crippen LogP contribution in [0.4, 0.5) is 0 Å². The van der Waals surface area contributed by atoms with Crippen LogP contribution in [0.15, 0.2) is 12.4 Å². The van der Waals surface area contributed by atoms with E-state index in [1.54, 1.807) is 10.9 Å². The Balaban J connectivity index is 0.000000500. The molecule has 1 heterocycles. The molecule has 76 valence electrons. The summed E-state index contributed by atoms with van der Waals surface area (Å²) in [7, 11) is 1.87. The van der Waals surface area contributed by atoms with Crippen LogP contribution in [0, 0.1) is 5.92 Å². The molecule has 1 atom stereocenters. The van der Waals surface area contributed by atoms with Gasteiger partial charge >= 0.3 is 6.15 Å². The molecule has 5 nitrogen and oxygen atoms in total. The first kappa shape index (κ1) is 12.3. The van der Waals surface area contributed by atoms with Crippen molar-refractivity contribution in [3.05, 3.63) is 18.0 Å². The van der Waals surface area contributed by atoms with Crippen LogP contribution in [0.5, 0.6) is 0 Å². The highest BCUT2D eigenvalue weighted by Gasteiger charge is 2.02. The predicted molar refractivity (Wildman–Crippen MR) is 47.1 cm³/mol. The Labute approximate surface area is 81.7 Å². The molecule has 0 radical (unpaired) electrons. The third-order valence-corrected chi connectivity index (χ3v) is 1.55. The monoisotopic (exact) mass is 196 g/mol. The first-order valence-electron chi connectivity index (χ1n) is 4.06. The van der Waals surface area contributed by atoms with Gasteiger partial charge < -0.3 is 4.79 Å². The summed E-state index contributed by atoms with van der Waals surface area (Å²) in [5, 5.41) is 4.00. The largest absolute Gasteiger partial charge is 0.373 e. The highest BCUT2D eigenvalue weighted by Crippen LogP contribution is 2.04. The van der Waals surface area contributed by atoms with Crippen LogP contribution >= 0.6 is 0 Å². The van der Waals surface area contributed by atoms with Gasteiger partial charge in [-0.05, 0) is 12.0 Å². The summed E-state index contributed by atoms with van der Waals surface area (Å²) in [6, 6.07) is 0. The van der Waals surface area contributed by atoms with Crippen molar-refractivity contribution in [2.75, 3.05) is 0 Å². The molecule has 0 aliphatic rings. The third-order valence-electron chi connectivity index (χ3n) is 1.55. The van der Waals surface area contributed by atoms with Gasteiger partial charge in [-0.25, -0.2) is 0 Å². The number of aromatic nitrogens is 2. The molecule has 0 spiro atoms. The van der Waals surface area contributed by atoms with E-state index in [2.05, 4.69) is 5.10 Å². The maximum atomic E-state index is 10.3. The molecule has 0 bridgehead atoms. The van der Waals surface area contributed by atoms with Crippen molar-refractivity contribution in [2.24, 2.45) is 13.0 Å². The summed E-state index contributed by atoms with van der Waals surface area (Å²) in [4.78, 5) is 26.5. The molecule has 0 saturated carbocycles. The molecule has 14 heavy (non-hydrogen) atoms. The number of carbonyl (C=O) groups is 1. The molecular weight excluding hydrogens is 184 g/mol. The lowest BCUT2D eigenvalue weighted by atomic mass is 10.1. The Hall–Kier alpha value is -1.74. The molecule has 0 aliphatic carbocycles. The van der Waals surface area contributed by atoms with E-state index in [1.165, 1.54) is 0 Å². The minimum Gasteiger partial charge on any atom is -0.303 e. The fourth-order valence-electron chi connectivity index (χ4n) is 0.997. The maximum absolute atomic E-state index is 10.3. The van der Waals surface area contributed by atoms with Gasteiger partial charge in [0, 0.05) is 19.2 Å². The Morgan fingerprint density at radius 3 is 2.57 bits per heavy atom. The number of hydrogen-bond donors (Lipinski definition) is 0. The second-order valence-electron chi connectivity index (χ2n) is 2.92. The lowest BCUT2D eigenvalue weighted by molar-refractivity contribution is -0.191. The van der Waals surface area contributed by atoms with Crippen LogP contribution in [0.1, 0.15) is 12.5 Å². The average molecular weight is 196 g/mol. The summed E-state index contributed by atoms with van der Waals surface area (Å²) in [6.07, 6.45) is 5.73. The number of aryl methyl sites for hydroxylation is 1. The zero-order valence-corrected chi connectivity index (χ0v) is 8.14. The lowest BCUT2D eigenvalue weighted by Gasteiger charge is -1.97. The Morgan fingerprint density at radius 1 is 1.64 bits per heavy atom. The molecule has 0 fully saturated rings. The summed E-state index contributed by atoms with van der Waals surface area (Å²) in [5.74, 6) is 0.0965. The van der Waals surface area contributed by atoms with Crippen LogP contribution in [0.2, 0.25) is 0 Å². The Bertz CT molecular complexity index is 314. The van der Waals surface area contributed by atoms with Gasteiger partial charge in [0.2, 0.25) is 0 Å². The summed E-state index contributed by atoms with van der Waals surface area (Å²) >= 11 is 0. The summed E-state index contributed by atoms with van der Waals surface area (Å²) < 4.78 is 1.74. The topological polar surface area (TPSA) is 69.0 Å². The zero-order valence-electron chi connectivity index (χ0n) is 8.14. The fraction of sp³-hybridized carbons (Fsp3) is 0.444. The average Bonchev–Trinajstić information content (AvgIpc) is 2.52. The van der Waals surface area contributed by atoms with Gasteiger partial charge in [-0.15, -0.1) is 0 Å². The molecule has 0 aliphatic heterocycles. The van der Waals surface area contributed by atoms with Gasteiger partial charge in [-0.3, -0.25) is 4.68 Å². The predicted octanol–water partition coefficient (Wildman–Crippen LogP) is 0.214. The van der Waals surface area contributed by atoms with E-state index in [9.17, 15) is 4.79 Å². The van der Waals surface area contributed by atoms with E-state index >= 15 is 0 Å². The van der Waals surface area contributed by atoms with Gasteiger partial charge in [0.15, 0.2) is 0 Å². The highest BCUT2D eigenvalue weighted by molar-refractivity contribution is 5.53. The second-order valence-corrected chi connectivity index (χ2v) is 2.92. The molecule has 0 N–H and O–H groups in total. The van der Waals surface area contributed by atoms with Crippen molar-refractivity contribution in [3.63, 3.8) is 0 Å². The van der Waals surface area contributed by atoms with Crippen LogP contribution in [-0.4, -0.2) is 22.2 Å². The molecular formula is C9H12N2O3. The first-order chi connectivity index (χ1) is 6.63. The summed E-state index contributed by atoms with van der Waals surface area (Å²) in [6.45, 7) is 1.90. The van der Waals surface area contributed by atoms with E-state index < -0.39 is 0 Å². The van der Waals surface area contributed by atoms with Crippen molar-refractivity contribution in [1.29, 1.82) is 0 Å². The lowest BCUT2D eigenvalue weighted by Crippen LogP contribution is -1.99. The van der Waals surface area contributed by atoms with Crippen LogP contribution < -0.4 is 0 Å². The van der Waals surface area contributed by atoms with Crippen molar-refractivity contribution >= 4 is 12.4 Å². The minimum atomic E-state index is 0.0965. The standard InChI is InChI=1S/C8H12N2O.CO2/c1-7(6-11)3-8-4-9-10(2)5-8;2-1-3/h4-7H,3H2,1-2H3;. The van der Waals surface area contributed by atoms with Crippen molar-refractivity contribution in [1.82, 2.24) is 9.78 Å². The van der Waals surface area contributed by atoms with Gasteiger partial charge in [0.05, 0.1) is 6.20 Å².